The van der Waals surface area contributed by atoms with Crippen LogP contribution in [-0.2, 0) is 12.5 Å². The third-order valence-electron chi connectivity index (χ3n) is 10.6. The van der Waals surface area contributed by atoms with Crippen molar-refractivity contribution in [3.8, 4) is 0 Å². The maximum atomic E-state index is 13.3. The van der Waals surface area contributed by atoms with E-state index in [0.717, 1.165) is 55.9 Å². The Balaban J connectivity index is 1.06. The number of piperidine rings is 2. The first kappa shape index (κ1) is 26.4. The lowest BCUT2D eigenvalue weighted by atomic mass is 9.70. The number of likely N-dealkylation sites (tertiary alicyclic amines) is 1. The zero-order chi connectivity index (χ0) is 28.1. The molecule has 1 amide bonds. The smallest absolute Gasteiger partial charge is 0.274 e. The fourth-order valence-corrected chi connectivity index (χ4v) is 8.23. The Morgan fingerprint density at radius 2 is 1.61 bits per heavy atom. The molecule has 0 saturated carbocycles. The van der Waals surface area contributed by atoms with E-state index in [2.05, 4.69) is 76.1 Å². The van der Waals surface area contributed by atoms with Crippen molar-refractivity contribution in [3.05, 3.63) is 83.4 Å². The van der Waals surface area contributed by atoms with E-state index in [1.54, 1.807) is 4.68 Å². The Hall–Kier alpha value is -3.45. The van der Waals surface area contributed by atoms with Gasteiger partial charge in [-0.3, -0.25) is 14.4 Å². The van der Waals surface area contributed by atoms with Crippen LogP contribution in [0, 0.1) is 13.8 Å². The summed E-state index contributed by atoms with van der Waals surface area (Å²) in [4.78, 5) is 23.0. The van der Waals surface area contributed by atoms with Gasteiger partial charge in [-0.1, -0.05) is 42.5 Å². The molecule has 2 aromatic heterocycles. The van der Waals surface area contributed by atoms with Crippen LogP contribution in [0.1, 0.15) is 78.6 Å². The number of benzene rings is 2. The SMILES string of the molecule is Cc1cc(C(=O)N2CCC(CCN3[C@@H]4CC[C@H]3C[C@@H](n3c(C)nc5ccccc53)C4)(c3ccccc3)CC2)nn1C. The minimum absolute atomic E-state index is 0.0674. The summed E-state index contributed by atoms with van der Waals surface area (Å²) in [6, 6.07) is 23.4. The number of carbonyl (C=O) groups excluding carboxylic acids is 1. The molecule has 7 rings (SSSR count). The number of aryl methyl sites for hydroxylation is 3. The van der Waals surface area contributed by atoms with E-state index >= 15 is 0 Å². The first-order valence-corrected chi connectivity index (χ1v) is 15.5. The van der Waals surface area contributed by atoms with Gasteiger partial charge in [0.25, 0.3) is 5.91 Å². The van der Waals surface area contributed by atoms with Gasteiger partial charge in [0, 0.05) is 44.0 Å². The third kappa shape index (κ3) is 4.68. The van der Waals surface area contributed by atoms with Crippen LogP contribution >= 0.6 is 0 Å². The van der Waals surface area contributed by atoms with Crippen LogP contribution in [-0.4, -0.2) is 66.8 Å². The maximum absolute atomic E-state index is 13.3. The molecular formula is C34H42N6O. The molecule has 0 spiro atoms. The van der Waals surface area contributed by atoms with Crippen LogP contribution in [0.25, 0.3) is 11.0 Å². The molecule has 41 heavy (non-hydrogen) atoms. The molecule has 3 atom stereocenters. The molecule has 3 aliphatic heterocycles. The summed E-state index contributed by atoms with van der Waals surface area (Å²) in [5.74, 6) is 1.21. The highest BCUT2D eigenvalue weighted by atomic mass is 16.2. The van der Waals surface area contributed by atoms with Crippen LogP contribution in [0.5, 0.6) is 0 Å². The van der Waals surface area contributed by atoms with E-state index in [1.807, 2.05) is 24.9 Å². The molecule has 0 radical (unpaired) electrons. The predicted molar refractivity (Wildman–Crippen MR) is 162 cm³/mol. The first-order chi connectivity index (χ1) is 19.9. The Morgan fingerprint density at radius 1 is 0.927 bits per heavy atom. The van der Waals surface area contributed by atoms with Gasteiger partial charge in [-0.25, -0.2) is 4.98 Å². The lowest BCUT2D eigenvalue weighted by Crippen LogP contribution is -2.49. The summed E-state index contributed by atoms with van der Waals surface area (Å²) in [7, 11) is 1.90. The predicted octanol–water partition coefficient (Wildman–Crippen LogP) is 5.82. The summed E-state index contributed by atoms with van der Waals surface area (Å²) in [6.07, 6.45) is 8.17. The van der Waals surface area contributed by atoms with Crippen molar-refractivity contribution in [1.29, 1.82) is 0 Å². The highest BCUT2D eigenvalue weighted by Crippen LogP contribution is 2.45. The normalized spacial score (nSPS) is 24.3. The average Bonchev–Trinajstić information content (AvgIpc) is 3.60. The van der Waals surface area contributed by atoms with Gasteiger partial charge in [0.15, 0.2) is 5.69 Å². The molecule has 0 N–H and O–H groups in total. The molecule has 7 nitrogen and oxygen atoms in total. The molecule has 0 unspecified atom stereocenters. The number of nitrogens with zero attached hydrogens (tertiary/aromatic N) is 6. The molecule has 3 aliphatic rings. The minimum Gasteiger partial charge on any atom is -0.337 e. The highest BCUT2D eigenvalue weighted by molar-refractivity contribution is 5.92. The molecule has 0 aliphatic carbocycles. The Labute approximate surface area is 243 Å². The molecule has 3 fully saturated rings. The number of amides is 1. The van der Waals surface area contributed by atoms with E-state index < -0.39 is 0 Å². The van der Waals surface area contributed by atoms with Crippen molar-refractivity contribution < 1.29 is 4.79 Å². The lowest BCUT2D eigenvalue weighted by Gasteiger charge is -2.45. The van der Waals surface area contributed by atoms with E-state index in [0.29, 0.717) is 23.8 Å². The quantitative estimate of drug-likeness (QED) is 0.304. The Morgan fingerprint density at radius 3 is 2.29 bits per heavy atom. The summed E-state index contributed by atoms with van der Waals surface area (Å²) in [5, 5.41) is 4.46. The Bertz CT molecular complexity index is 1510. The number of rotatable bonds is 6. The summed E-state index contributed by atoms with van der Waals surface area (Å²) in [5.41, 5.74) is 5.52. The van der Waals surface area contributed by atoms with E-state index in [9.17, 15) is 4.79 Å². The van der Waals surface area contributed by atoms with Crippen molar-refractivity contribution in [3.63, 3.8) is 0 Å². The lowest BCUT2D eigenvalue weighted by molar-refractivity contribution is 0.0601. The number of hydrogen-bond acceptors (Lipinski definition) is 4. The van der Waals surface area contributed by atoms with Gasteiger partial charge < -0.3 is 9.47 Å². The second-order valence-corrected chi connectivity index (χ2v) is 12.7. The zero-order valence-electron chi connectivity index (χ0n) is 24.7. The third-order valence-corrected chi connectivity index (χ3v) is 10.6. The van der Waals surface area contributed by atoms with Gasteiger partial charge >= 0.3 is 0 Å². The van der Waals surface area contributed by atoms with E-state index in [4.69, 9.17) is 4.98 Å². The van der Waals surface area contributed by atoms with Crippen LogP contribution in [0.2, 0.25) is 0 Å². The van der Waals surface area contributed by atoms with Crippen molar-refractivity contribution in [2.75, 3.05) is 19.6 Å². The minimum atomic E-state index is 0.0674. The summed E-state index contributed by atoms with van der Waals surface area (Å²) in [6.45, 7) is 6.86. The molecule has 214 valence electrons. The second kappa shape index (κ2) is 10.4. The molecule has 5 heterocycles. The van der Waals surface area contributed by atoms with Crippen molar-refractivity contribution in [2.24, 2.45) is 7.05 Å². The van der Waals surface area contributed by atoms with E-state index in [-0.39, 0.29) is 11.3 Å². The number of hydrogen-bond donors (Lipinski definition) is 0. The Kier molecular flexibility index (Phi) is 6.73. The first-order valence-electron chi connectivity index (χ1n) is 15.5. The average molecular weight is 551 g/mol. The van der Waals surface area contributed by atoms with Crippen molar-refractivity contribution in [2.45, 2.75) is 82.3 Å². The fraction of sp³-hybridized carbons (Fsp3) is 0.500. The van der Waals surface area contributed by atoms with Crippen LogP contribution in [0.3, 0.4) is 0 Å². The van der Waals surface area contributed by atoms with Crippen molar-refractivity contribution in [1.82, 2.24) is 29.1 Å². The number of carbonyl (C=O) groups is 1. The number of fused-ring (bicyclic) bond motifs is 3. The van der Waals surface area contributed by atoms with Gasteiger partial charge in [0.2, 0.25) is 0 Å². The molecular weight excluding hydrogens is 508 g/mol. The second-order valence-electron chi connectivity index (χ2n) is 12.7. The topological polar surface area (TPSA) is 59.2 Å². The largest absolute Gasteiger partial charge is 0.337 e. The summed E-state index contributed by atoms with van der Waals surface area (Å²) < 4.78 is 4.32. The van der Waals surface area contributed by atoms with Crippen LogP contribution in [0.4, 0.5) is 0 Å². The summed E-state index contributed by atoms with van der Waals surface area (Å²) >= 11 is 0. The number of para-hydroxylation sites is 2. The number of imidazole rings is 1. The van der Waals surface area contributed by atoms with Crippen molar-refractivity contribution >= 4 is 16.9 Å². The highest BCUT2D eigenvalue weighted by Gasteiger charge is 2.44. The molecule has 2 bridgehead atoms. The van der Waals surface area contributed by atoms with Gasteiger partial charge in [-0.05, 0) is 94.5 Å². The maximum Gasteiger partial charge on any atom is 0.274 e. The van der Waals surface area contributed by atoms with Gasteiger partial charge in [-0.15, -0.1) is 0 Å². The van der Waals surface area contributed by atoms with Crippen LogP contribution < -0.4 is 0 Å². The van der Waals surface area contributed by atoms with Gasteiger partial charge in [0.1, 0.15) is 5.82 Å². The molecule has 3 saturated heterocycles. The zero-order valence-corrected chi connectivity index (χ0v) is 24.7. The fourth-order valence-electron chi connectivity index (χ4n) is 8.23. The molecule has 7 heteroatoms. The van der Waals surface area contributed by atoms with Gasteiger partial charge in [0.05, 0.1) is 11.0 Å². The molecule has 2 aromatic carbocycles. The van der Waals surface area contributed by atoms with Gasteiger partial charge in [-0.2, -0.15) is 5.10 Å². The van der Waals surface area contributed by atoms with Crippen LogP contribution in [0.15, 0.2) is 60.7 Å². The number of aromatic nitrogens is 4. The van der Waals surface area contributed by atoms with E-state index in [1.165, 1.54) is 36.8 Å². The monoisotopic (exact) mass is 550 g/mol. The molecule has 4 aromatic rings. The standard InChI is InChI=1S/C34H42N6O/c1-24-21-31(36-37(24)3)33(41)38-18-15-34(16-19-38,26-9-5-4-6-10-26)17-20-39-27-13-14-28(39)23-29(22-27)40-25(2)35-30-11-7-8-12-32(30)40/h4-12,21,27-29H,13-20,22-23H2,1-3H3/t27-,28+,29+.